The number of alkyl halides is 1. The van der Waals surface area contributed by atoms with Crippen LogP contribution >= 0.6 is 15.9 Å². The number of hydrogen-bond acceptors (Lipinski definition) is 2. The number of ether oxygens (including phenoxy) is 1. The number of rotatable bonds is 5. The molecule has 1 unspecified atom stereocenters. The Morgan fingerprint density at radius 2 is 1.70 bits per heavy atom. The molecule has 2 aromatic carbocycles. The van der Waals surface area contributed by atoms with Crippen molar-refractivity contribution in [3.8, 4) is 5.75 Å². The van der Waals surface area contributed by atoms with Gasteiger partial charge in [0.2, 0.25) is 0 Å². The summed E-state index contributed by atoms with van der Waals surface area (Å²) >= 11 is 3.20. The molecule has 0 saturated carbocycles. The fraction of sp³-hybridized carbons (Fsp3) is 0.133. The predicted molar refractivity (Wildman–Crippen MR) is 74.9 cm³/mol. The molecule has 2 rings (SSSR count). The Hall–Kier alpha value is -1.75. The van der Waals surface area contributed by atoms with Crippen LogP contribution in [0.25, 0.3) is 0 Å². The van der Waals surface area contributed by atoms with Crippen LogP contribution in [-0.4, -0.2) is 6.29 Å². The molecule has 0 aliphatic rings. The fourth-order valence-corrected chi connectivity index (χ4v) is 1.96. The molecule has 2 aromatic rings. The molecule has 0 aliphatic heterocycles. The third-order valence-corrected chi connectivity index (χ3v) is 3.51. The van der Waals surface area contributed by atoms with Gasteiger partial charge >= 0.3 is 0 Å². The summed E-state index contributed by atoms with van der Waals surface area (Å²) in [5.74, 6) is -0.798. The van der Waals surface area contributed by atoms with Crippen LogP contribution in [0.5, 0.6) is 5.75 Å². The number of benzene rings is 2. The van der Waals surface area contributed by atoms with Gasteiger partial charge in [-0.3, -0.25) is 0 Å². The molecule has 1 atom stereocenters. The van der Waals surface area contributed by atoms with E-state index in [4.69, 9.17) is 4.74 Å². The molecule has 0 aromatic heterocycles. The lowest BCUT2D eigenvalue weighted by Gasteiger charge is -2.09. The highest BCUT2D eigenvalue weighted by Gasteiger charge is 2.09. The van der Waals surface area contributed by atoms with E-state index in [0.717, 1.165) is 11.8 Å². The highest BCUT2D eigenvalue weighted by Crippen LogP contribution is 2.23. The van der Waals surface area contributed by atoms with Gasteiger partial charge in [0.1, 0.15) is 30.3 Å². The van der Waals surface area contributed by atoms with Crippen molar-refractivity contribution in [2.24, 2.45) is 0 Å². The largest absolute Gasteiger partial charge is 0.489 e. The van der Waals surface area contributed by atoms with Crippen molar-refractivity contribution in [1.82, 2.24) is 0 Å². The quantitative estimate of drug-likeness (QED) is 0.602. The fourth-order valence-electron chi connectivity index (χ4n) is 1.65. The Morgan fingerprint density at radius 1 is 1.10 bits per heavy atom. The van der Waals surface area contributed by atoms with Crippen LogP contribution in [0, 0.1) is 11.6 Å². The first-order valence-corrected chi connectivity index (χ1v) is 6.78. The second kappa shape index (κ2) is 6.61. The zero-order valence-corrected chi connectivity index (χ0v) is 11.9. The lowest BCUT2D eigenvalue weighted by molar-refractivity contribution is -0.107. The molecule has 0 fully saturated rings. The molecular formula is C15H11BrF2O2. The molecule has 20 heavy (non-hydrogen) atoms. The Bertz CT molecular complexity index is 579. The van der Waals surface area contributed by atoms with Crippen molar-refractivity contribution in [2.45, 2.75) is 11.4 Å². The predicted octanol–water partition coefficient (Wildman–Crippen LogP) is 4.18. The van der Waals surface area contributed by atoms with Crippen molar-refractivity contribution < 1.29 is 18.3 Å². The summed E-state index contributed by atoms with van der Waals surface area (Å²) < 4.78 is 32.1. The smallest absolute Gasteiger partial charge is 0.138 e. The Balaban J connectivity index is 2.06. The van der Waals surface area contributed by atoms with E-state index in [2.05, 4.69) is 15.9 Å². The molecule has 0 spiro atoms. The number of carbonyl (C=O) groups is 1. The van der Waals surface area contributed by atoms with Gasteiger partial charge < -0.3 is 9.53 Å². The molecular weight excluding hydrogens is 330 g/mol. The Labute approximate surface area is 123 Å². The average molecular weight is 341 g/mol. The highest BCUT2D eigenvalue weighted by molar-refractivity contribution is 9.09. The normalized spacial score (nSPS) is 11.9. The molecule has 0 bridgehead atoms. The summed E-state index contributed by atoms with van der Waals surface area (Å²) in [5.41, 5.74) is 0.673. The van der Waals surface area contributed by atoms with Crippen LogP contribution in [0.2, 0.25) is 0 Å². The van der Waals surface area contributed by atoms with Gasteiger partial charge in [0.25, 0.3) is 0 Å². The van der Waals surface area contributed by atoms with E-state index in [-0.39, 0.29) is 17.0 Å². The van der Waals surface area contributed by atoms with E-state index in [0.29, 0.717) is 5.75 Å². The van der Waals surface area contributed by atoms with Crippen LogP contribution in [0.1, 0.15) is 16.0 Å². The van der Waals surface area contributed by atoms with E-state index in [1.165, 1.54) is 18.2 Å². The van der Waals surface area contributed by atoms with Gasteiger partial charge in [-0.1, -0.05) is 34.1 Å². The zero-order valence-electron chi connectivity index (χ0n) is 10.4. The van der Waals surface area contributed by atoms with Gasteiger partial charge in [0.15, 0.2) is 0 Å². The van der Waals surface area contributed by atoms with E-state index in [1.54, 1.807) is 24.3 Å². The number of aldehydes is 1. The minimum Gasteiger partial charge on any atom is -0.489 e. The minimum absolute atomic E-state index is 0.108. The zero-order chi connectivity index (χ0) is 14.5. The molecule has 0 radical (unpaired) electrons. The average Bonchev–Trinajstić information content (AvgIpc) is 2.46. The maximum atomic E-state index is 13.4. The Kier molecular flexibility index (Phi) is 4.84. The summed E-state index contributed by atoms with van der Waals surface area (Å²) in [6, 6.07) is 10.4. The summed E-state index contributed by atoms with van der Waals surface area (Å²) in [6.45, 7) is -0.191. The van der Waals surface area contributed by atoms with E-state index >= 15 is 0 Å². The van der Waals surface area contributed by atoms with Crippen LogP contribution in [0.15, 0.2) is 42.5 Å². The Morgan fingerprint density at radius 3 is 2.25 bits per heavy atom. The first kappa shape index (κ1) is 14.7. The summed E-state index contributed by atoms with van der Waals surface area (Å²) in [4.78, 5) is 10.2. The maximum absolute atomic E-state index is 13.4. The first-order valence-electron chi connectivity index (χ1n) is 5.87. The van der Waals surface area contributed by atoms with E-state index in [9.17, 15) is 13.6 Å². The lowest BCUT2D eigenvalue weighted by atomic mass is 10.1. The lowest BCUT2D eigenvalue weighted by Crippen LogP contribution is -2.02. The second-order valence-electron chi connectivity index (χ2n) is 4.10. The van der Waals surface area contributed by atoms with Crippen molar-refractivity contribution in [2.75, 3.05) is 0 Å². The third kappa shape index (κ3) is 3.42. The minimum atomic E-state index is -0.636. The third-order valence-electron chi connectivity index (χ3n) is 2.76. The van der Waals surface area contributed by atoms with Crippen LogP contribution in [-0.2, 0) is 11.4 Å². The molecule has 0 aliphatic carbocycles. The maximum Gasteiger partial charge on any atom is 0.138 e. The van der Waals surface area contributed by atoms with E-state index < -0.39 is 11.6 Å². The standard InChI is InChI=1S/C15H11BrF2O2/c16-13(8-19)10-4-6-11(7-5-10)20-9-12-14(17)2-1-3-15(12)18/h1-8,13H,9H2. The van der Waals surface area contributed by atoms with Crippen molar-refractivity contribution in [3.63, 3.8) is 0 Å². The SMILES string of the molecule is O=CC(Br)c1ccc(OCc2c(F)cccc2F)cc1. The van der Waals surface area contributed by atoms with E-state index in [1.807, 2.05) is 0 Å². The van der Waals surface area contributed by atoms with Gasteiger partial charge in [-0.15, -0.1) is 0 Å². The summed E-state index contributed by atoms with van der Waals surface area (Å²) in [5, 5.41) is 0. The van der Waals surface area contributed by atoms with Crippen molar-refractivity contribution in [3.05, 3.63) is 65.2 Å². The molecule has 0 N–H and O–H groups in total. The van der Waals surface area contributed by atoms with Crippen LogP contribution in [0.4, 0.5) is 8.78 Å². The summed E-state index contributed by atoms with van der Waals surface area (Å²) in [6.07, 6.45) is 0.768. The van der Waals surface area contributed by atoms with Gasteiger partial charge in [-0.25, -0.2) is 8.78 Å². The molecule has 5 heteroatoms. The molecule has 2 nitrogen and oxygen atoms in total. The molecule has 0 amide bonds. The van der Waals surface area contributed by atoms with Crippen LogP contribution < -0.4 is 4.74 Å². The van der Waals surface area contributed by atoms with Crippen molar-refractivity contribution >= 4 is 22.2 Å². The number of carbonyl (C=O) groups excluding carboxylic acids is 1. The van der Waals surface area contributed by atoms with Crippen LogP contribution in [0.3, 0.4) is 0 Å². The molecule has 104 valence electrons. The van der Waals surface area contributed by atoms with Gasteiger partial charge in [0.05, 0.1) is 10.4 Å². The summed E-state index contributed by atoms with van der Waals surface area (Å²) in [7, 11) is 0. The second-order valence-corrected chi connectivity index (χ2v) is 5.08. The molecule has 0 heterocycles. The molecule has 0 saturated heterocycles. The highest BCUT2D eigenvalue weighted by atomic mass is 79.9. The van der Waals surface area contributed by atoms with Gasteiger partial charge in [-0.05, 0) is 29.8 Å². The van der Waals surface area contributed by atoms with Crippen molar-refractivity contribution in [1.29, 1.82) is 0 Å². The number of halogens is 3. The van der Waals surface area contributed by atoms with Gasteiger partial charge in [-0.2, -0.15) is 0 Å². The van der Waals surface area contributed by atoms with Gasteiger partial charge in [0, 0.05) is 0 Å². The topological polar surface area (TPSA) is 26.3 Å². The number of hydrogen-bond donors (Lipinski definition) is 0. The first-order chi connectivity index (χ1) is 9.61. The monoisotopic (exact) mass is 340 g/mol.